The summed E-state index contributed by atoms with van der Waals surface area (Å²) in [6.45, 7) is 2.35. The molecule has 0 bridgehead atoms. The van der Waals surface area contributed by atoms with Crippen LogP contribution < -0.4 is 21.7 Å². The van der Waals surface area contributed by atoms with E-state index in [-0.39, 0.29) is 11.4 Å². The fraction of sp³-hybridized carbons (Fsp3) is 0.240. The van der Waals surface area contributed by atoms with Crippen LogP contribution in [0.4, 0.5) is 10.3 Å². The molecule has 2 fully saturated rings. The lowest BCUT2D eigenvalue weighted by atomic mass is 10.2. The minimum atomic E-state index is -0.528. The minimum absolute atomic E-state index is 0.0468. The second-order valence-electron chi connectivity index (χ2n) is 9.06. The lowest BCUT2D eigenvalue weighted by Gasteiger charge is -2.21. The number of anilines is 1. The van der Waals surface area contributed by atoms with E-state index in [9.17, 15) is 14.0 Å². The first-order valence-corrected chi connectivity index (χ1v) is 11.5. The van der Waals surface area contributed by atoms with Crippen LogP contribution in [0.2, 0.25) is 0 Å². The number of pyridine rings is 1. The van der Waals surface area contributed by atoms with Crippen molar-refractivity contribution in [3.05, 3.63) is 84.1 Å². The first-order chi connectivity index (χ1) is 17.8. The van der Waals surface area contributed by atoms with Crippen molar-refractivity contribution in [2.45, 2.75) is 18.5 Å². The SMILES string of the molecule is NC(=O)c1cnc(N2CC3CC3(NCc3ccc4cc(F)ccc4n3)C2)nc1.NC(=O)c1cncnc1. The molecule has 11 nitrogen and oxygen atoms in total. The number of nitrogens with one attached hydrogen (secondary N) is 1. The molecular weight excluding hydrogens is 477 g/mol. The smallest absolute Gasteiger partial charge is 0.251 e. The highest BCUT2D eigenvalue weighted by molar-refractivity contribution is 5.92. The largest absolute Gasteiger partial charge is 0.366 e. The molecule has 37 heavy (non-hydrogen) atoms. The molecule has 2 unspecified atom stereocenters. The molecule has 188 valence electrons. The Morgan fingerprint density at radius 1 is 1.03 bits per heavy atom. The van der Waals surface area contributed by atoms with Gasteiger partial charge in [-0.25, -0.2) is 24.3 Å². The molecule has 1 aromatic carbocycles. The fourth-order valence-corrected chi connectivity index (χ4v) is 4.45. The number of hydrogen-bond acceptors (Lipinski definition) is 9. The minimum Gasteiger partial charge on any atom is -0.366 e. The summed E-state index contributed by atoms with van der Waals surface area (Å²) in [4.78, 5) is 44.0. The highest BCUT2D eigenvalue weighted by Gasteiger charge is 2.60. The maximum Gasteiger partial charge on any atom is 0.251 e. The van der Waals surface area contributed by atoms with Gasteiger partial charge in [-0.2, -0.15) is 0 Å². The fourth-order valence-electron chi connectivity index (χ4n) is 4.45. The molecule has 2 amide bonds. The lowest BCUT2D eigenvalue weighted by Crippen LogP contribution is -2.38. The molecule has 6 rings (SSSR count). The number of nitrogens with zero attached hydrogens (tertiary/aromatic N) is 6. The van der Waals surface area contributed by atoms with Gasteiger partial charge < -0.3 is 21.7 Å². The van der Waals surface area contributed by atoms with Crippen LogP contribution in [0.15, 0.2) is 61.4 Å². The predicted molar refractivity (Wildman–Crippen MR) is 133 cm³/mol. The quantitative estimate of drug-likeness (QED) is 0.352. The average Bonchev–Trinajstić information content (AvgIpc) is 3.47. The van der Waals surface area contributed by atoms with Crippen LogP contribution in [0, 0.1) is 11.7 Å². The Balaban J connectivity index is 0.000000265. The number of aromatic nitrogens is 5. The summed E-state index contributed by atoms with van der Waals surface area (Å²) in [7, 11) is 0. The molecule has 4 heterocycles. The van der Waals surface area contributed by atoms with Crippen molar-refractivity contribution in [3.63, 3.8) is 0 Å². The van der Waals surface area contributed by atoms with Gasteiger partial charge in [-0.3, -0.25) is 14.6 Å². The molecule has 2 aliphatic rings. The summed E-state index contributed by atoms with van der Waals surface area (Å²) in [5.74, 6) is -0.127. The van der Waals surface area contributed by atoms with Crippen LogP contribution in [-0.4, -0.2) is 55.4 Å². The Morgan fingerprint density at radius 2 is 1.73 bits per heavy atom. The monoisotopic (exact) mass is 501 g/mol. The van der Waals surface area contributed by atoms with E-state index in [1.54, 1.807) is 6.07 Å². The standard InChI is InChI=1S/C20H19FN6O.C5H5N3O/c21-15-2-4-17-12(5-15)1-3-16(26-17)9-25-20-6-14(20)10-27(11-20)19-23-7-13(8-24-19)18(22)28;6-5(9)4-1-7-3-8-2-4/h1-5,7-8,14,25H,6,9-11H2,(H2,22,28);1-3H,(H2,6,9). The zero-order chi connectivity index (χ0) is 26.0. The molecule has 1 saturated heterocycles. The third-order valence-corrected chi connectivity index (χ3v) is 6.53. The van der Waals surface area contributed by atoms with E-state index in [1.807, 2.05) is 12.1 Å². The number of halogens is 1. The van der Waals surface area contributed by atoms with E-state index in [0.717, 1.165) is 36.1 Å². The van der Waals surface area contributed by atoms with Crippen molar-refractivity contribution in [2.24, 2.45) is 17.4 Å². The Kier molecular flexibility index (Phi) is 6.40. The van der Waals surface area contributed by atoms with Crippen LogP contribution in [0.1, 0.15) is 32.8 Å². The Morgan fingerprint density at radius 3 is 2.41 bits per heavy atom. The summed E-state index contributed by atoms with van der Waals surface area (Å²) in [5, 5.41) is 4.45. The highest BCUT2D eigenvalue weighted by atomic mass is 19.1. The Labute approximate surface area is 211 Å². The lowest BCUT2D eigenvalue weighted by molar-refractivity contribution is 0.0991. The van der Waals surface area contributed by atoms with Gasteiger partial charge in [-0.05, 0) is 36.6 Å². The van der Waals surface area contributed by atoms with Gasteiger partial charge in [-0.15, -0.1) is 0 Å². The number of carbonyl (C=O) groups is 2. The molecule has 4 aromatic rings. The van der Waals surface area contributed by atoms with Gasteiger partial charge in [0, 0.05) is 55.3 Å². The summed E-state index contributed by atoms with van der Waals surface area (Å²) in [6, 6.07) is 8.46. The highest BCUT2D eigenvalue weighted by Crippen LogP contribution is 2.50. The van der Waals surface area contributed by atoms with Crippen LogP contribution in [-0.2, 0) is 6.54 Å². The molecule has 2 atom stereocenters. The van der Waals surface area contributed by atoms with Gasteiger partial charge in [0.25, 0.3) is 11.8 Å². The normalized spacial score (nSPS) is 19.6. The van der Waals surface area contributed by atoms with E-state index in [2.05, 4.69) is 35.1 Å². The van der Waals surface area contributed by atoms with Gasteiger partial charge in [-0.1, -0.05) is 6.07 Å². The van der Waals surface area contributed by atoms with Crippen molar-refractivity contribution in [2.75, 3.05) is 18.0 Å². The van der Waals surface area contributed by atoms with Crippen molar-refractivity contribution < 1.29 is 14.0 Å². The van der Waals surface area contributed by atoms with E-state index >= 15 is 0 Å². The van der Waals surface area contributed by atoms with Crippen LogP contribution in [0.5, 0.6) is 0 Å². The third kappa shape index (κ3) is 5.33. The number of carbonyl (C=O) groups excluding carboxylic acids is 2. The van der Waals surface area contributed by atoms with Gasteiger partial charge in [0.15, 0.2) is 0 Å². The van der Waals surface area contributed by atoms with Crippen molar-refractivity contribution in [1.82, 2.24) is 30.2 Å². The zero-order valence-electron chi connectivity index (χ0n) is 19.7. The number of rotatable bonds is 6. The number of primary amides is 2. The molecule has 1 saturated carbocycles. The number of amides is 2. The van der Waals surface area contributed by atoms with Crippen molar-refractivity contribution in [1.29, 1.82) is 0 Å². The number of piperidine rings is 1. The summed E-state index contributed by atoms with van der Waals surface area (Å²) >= 11 is 0. The Bertz CT molecular complexity index is 1450. The maximum atomic E-state index is 13.3. The average molecular weight is 502 g/mol. The Hall–Kier alpha value is -4.58. The second-order valence-corrected chi connectivity index (χ2v) is 9.06. The van der Waals surface area contributed by atoms with Gasteiger partial charge in [0.2, 0.25) is 5.95 Å². The van der Waals surface area contributed by atoms with E-state index in [0.29, 0.717) is 29.5 Å². The topological polar surface area (TPSA) is 166 Å². The molecule has 3 aromatic heterocycles. The number of hydrogen-bond donors (Lipinski definition) is 3. The maximum absolute atomic E-state index is 13.3. The molecular formula is C25H24FN9O2. The summed E-state index contributed by atoms with van der Waals surface area (Å²) in [5.41, 5.74) is 12.5. The van der Waals surface area contributed by atoms with E-state index in [4.69, 9.17) is 11.5 Å². The predicted octanol–water partition coefficient (Wildman–Crippen LogP) is 1.21. The number of nitrogens with two attached hydrogens (primary N) is 2. The van der Waals surface area contributed by atoms with Crippen molar-refractivity contribution >= 4 is 28.7 Å². The summed E-state index contributed by atoms with van der Waals surface area (Å²) in [6.07, 6.45) is 8.13. The van der Waals surface area contributed by atoms with E-state index in [1.165, 1.54) is 43.2 Å². The van der Waals surface area contributed by atoms with Gasteiger partial charge in [0.1, 0.15) is 12.1 Å². The molecule has 12 heteroatoms. The first-order valence-electron chi connectivity index (χ1n) is 11.5. The van der Waals surface area contributed by atoms with Crippen molar-refractivity contribution in [3.8, 4) is 0 Å². The molecule has 0 radical (unpaired) electrons. The van der Waals surface area contributed by atoms with Crippen LogP contribution in [0.25, 0.3) is 10.9 Å². The molecule has 1 aliphatic heterocycles. The first kappa shape index (κ1) is 24.1. The second kappa shape index (κ2) is 9.82. The number of fused-ring (bicyclic) bond motifs is 2. The third-order valence-electron chi connectivity index (χ3n) is 6.53. The molecule has 5 N–H and O–H groups in total. The van der Waals surface area contributed by atoms with E-state index < -0.39 is 11.8 Å². The van der Waals surface area contributed by atoms with Gasteiger partial charge >= 0.3 is 0 Å². The van der Waals surface area contributed by atoms with Gasteiger partial charge in [0.05, 0.1) is 22.3 Å². The van der Waals surface area contributed by atoms with Crippen LogP contribution in [0.3, 0.4) is 0 Å². The molecule has 0 spiro atoms. The summed E-state index contributed by atoms with van der Waals surface area (Å²) < 4.78 is 13.3. The zero-order valence-corrected chi connectivity index (χ0v) is 19.7. The van der Waals surface area contributed by atoms with Crippen LogP contribution >= 0.6 is 0 Å². The number of benzene rings is 1. The molecule has 1 aliphatic carbocycles.